The zero-order valence-electron chi connectivity index (χ0n) is 13.7. The van der Waals surface area contributed by atoms with E-state index >= 15 is 0 Å². The number of rotatable bonds is 6. The maximum atomic E-state index is 12.0. The van der Waals surface area contributed by atoms with Crippen molar-refractivity contribution in [2.24, 2.45) is 0 Å². The third-order valence-corrected chi connectivity index (χ3v) is 4.25. The molecule has 1 aliphatic heterocycles. The summed E-state index contributed by atoms with van der Waals surface area (Å²) in [5.74, 6) is 0.461. The first-order valence-electron chi connectivity index (χ1n) is 8.31. The first-order chi connectivity index (χ1) is 10.7. The monoisotopic (exact) mass is 302 g/mol. The fraction of sp³-hybridized carbons (Fsp3) is 0.556. The van der Waals surface area contributed by atoms with Gasteiger partial charge in [0.15, 0.2) is 5.78 Å². The summed E-state index contributed by atoms with van der Waals surface area (Å²) in [4.78, 5) is 27.9. The Balaban J connectivity index is 1.88. The van der Waals surface area contributed by atoms with Crippen molar-refractivity contribution in [3.8, 4) is 0 Å². The Morgan fingerprint density at radius 1 is 1.00 bits per heavy atom. The van der Waals surface area contributed by atoms with E-state index in [1.54, 1.807) is 0 Å². The van der Waals surface area contributed by atoms with Crippen molar-refractivity contribution in [3.63, 3.8) is 0 Å². The van der Waals surface area contributed by atoms with Crippen LogP contribution >= 0.6 is 0 Å². The molecule has 0 N–H and O–H groups in total. The van der Waals surface area contributed by atoms with E-state index in [4.69, 9.17) is 0 Å². The van der Waals surface area contributed by atoms with Gasteiger partial charge in [-0.05, 0) is 30.7 Å². The summed E-state index contributed by atoms with van der Waals surface area (Å²) in [6.07, 6.45) is 3.25. The van der Waals surface area contributed by atoms with Gasteiger partial charge in [-0.15, -0.1) is 0 Å². The normalized spacial score (nSPS) is 15.0. The molecule has 1 aliphatic rings. The number of unbranched alkanes of at least 4 members (excludes halogenated alkanes) is 1. The van der Waals surface area contributed by atoms with E-state index in [0.29, 0.717) is 12.8 Å². The molecular formula is C18H26N2O2. The summed E-state index contributed by atoms with van der Waals surface area (Å²) in [6.45, 7) is 7.29. The van der Waals surface area contributed by atoms with Crippen LogP contribution in [0.5, 0.6) is 0 Å². The maximum Gasteiger partial charge on any atom is 0.222 e. The van der Waals surface area contributed by atoms with E-state index in [0.717, 1.165) is 50.3 Å². The van der Waals surface area contributed by atoms with Gasteiger partial charge in [-0.1, -0.05) is 20.3 Å². The van der Waals surface area contributed by atoms with Gasteiger partial charge in [-0.25, -0.2) is 0 Å². The Labute approximate surface area is 133 Å². The second-order valence-electron chi connectivity index (χ2n) is 5.79. The number of benzene rings is 1. The first kappa shape index (κ1) is 16.5. The molecule has 0 unspecified atom stereocenters. The van der Waals surface area contributed by atoms with E-state index in [1.807, 2.05) is 36.1 Å². The maximum absolute atomic E-state index is 12.0. The van der Waals surface area contributed by atoms with E-state index in [1.165, 1.54) is 0 Å². The van der Waals surface area contributed by atoms with Gasteiger partial charge in [0.25, 0.3) is 0 Å². The zero-order valence-corrected chi connectivity index (χ0v) is 13.7. The van der Waals surface area contributed by atoms with Crippen molar-refractivity contribution in [1.29, 1.82) is 0 Å². The number of hydrogen-bond acceptors (Lipinski definition) is 3. The number of nitrogens with zero attached hydrogens (tertiary/aromatic N) is 2. The van der Waals surface area contributed by atoms with Crippen molar-refractivity contribution < 1.29 is 9.59 Å². The van der Waals surface area contributed by atoms with E-state index in [9.17, 15) is 9.59 Å². The molecule has 0 atom stereocenters. The Hall–Kier alpha value is -1.84. The molecule has 2 rings (SSSR count). The molecule has 1 fully saturated rings. The number of carbonyl (C=O) groups excluding carboxylic acids is 2. The summed E-state index contributed by atoms with van der Waals surface area (Å²) >= 11 is 0. The smallest absolute Gasteiger partial charge is 0.222 e. The largest absolute Gasteiger partial charge is 0.368 e. The third-order valence-electron chi connectivity index (χ3n) is 4.25. The van der Waals surface area contributed by atoms with Crippen LogP contribution in [0.25, 0.3) is 0 Å². The predicted octanol–water partition coefficient (Wildman–Crippen LogP) is 3.12. The number of hydrogen-bond donors (Lipinski definition) is 0. The zero-order chi connectivity index (χ0) is 15.9. The van der Waals surface area contributed by atoms with Crippen molar-refractivity contribution in [1.82, 2.24) is 4.90 Å². The minimum Gasteiger partial charge on any atom is -0.368 e. The molecule has 1 heterocycles. The lowest BCUT2D eigenvalue weighted by molar-refractivity contribution is -0.131. The fourth-order valence-corrected chi connectivity index (χ4v) is 2.76. The van der Waals surface area contributed by atoms with Gasteiger partial charge >= 0.3 is 0 Å². The van der Waals surface area contributed by atoms with Crippen LogP contribution in [-0.4, -0.2) is 42.8 Å². The number of carbonyl (C=O) groups is 2. The molecule has 1 aromatic carbocycles. The highest BCUT2D eigenvalue weighted by molar-refractivity contribution is 5.96. The summed E-state index contributed by atoms with van der Waals surface area (Å²) in [5.41, 5.74) is 1.91. The lowest BCUT2D eigenvalue weighted by Gasteiger charge is -2.36. The Bertz CT molecular complexity index is 502. The second-order valence-corrected chi connectivity index (χ2v) is 5.79. The summed E-state index contributed by atoms with van der Waals surface area (Å²) in [7, 11) is 0. The number of piperazine rings is 1. The molecule has 22 heavy (non-hydrogen) atoms. The highest BCUT2D eigenvalue weighted by atomic mass is 16.2. The molecule has 1 aromatic rings. The van der Waals surface area contributed by atoms with Gasteiger partial charge in [-0.3, -0.25) is 9.59 Å². The minimum atomic E-state index is 0.179. The standard InChI is InChI=1S/C18H26N2O2/c1-3-5-6-18(22)20-13-11-19(12-14-20)16-9-7-15(8-10-16)17(21)4-2/h7-10H,3-6,11-14H2,1-2H3. The molecule has 4 heteroatoms. The van der Waals surface area contributed by atoms with Crippen molar-refractivity contribution in [2.45, 2.75) is 39.5 Å². The summed E-state index contributed by atoms with van der Waals surface area (Å²) in [6, 6.07) is 7.83. The molecule has 4 nitrogen and oxygen atoms in total. The van der Waals surface area contributed by atoms with Crippen LogP contribution in [0.15, 0.2) is 24.3 Å². The fourth-order valence-electron chi connectivity index (χ4n) is 2.76. The Kier molecular flexibility index (Phi) is 5.99. The van der Waals surface area contributed by atoms with Gasteiger partial charge in [0.05, 0.1) is 0 Å². The Morgan fingerprint density at radius 2 is 1.64 bits per heavy atom. The number of anilines is 1. The summed E-state index contributed by atoms with van der Waals surface area (Å²) in [5, 5.41) is 0. The predicted molar refractivity (Wildman–Crippen MR) is 89.4 cm³/mol. The van der Waals surface area contributed by atoms with Crippen molar-refractivity contribution >= 4 is 17.4 Å². The molecule has 0 bridgehead atoms. The molecule has 1 amide bonds. The van der Waals surface area contributed by atoms with Crippen molar-refractivity contribution in [3.05, 3.63) is 29.8 Å². The number of Topliss-reactive ketones (excluding diaryl/α,β-unsaturated/α-hetero) is 1. The van der Waals surface area contributed by atoms with Crippen LogP contribution in [0.2, 0.25) is 0 Å². The number of amides is 1. The van der Waals surface area contributed by atoms with Gasteiger partial charge in [0, 0.05) is 50.3 Å². The minimum absolute atomic E-state index is 0.179. The quantitative estimate of drug-likeness (QED) is 0.758. The second kappa shape index (κ2) is 7.97. The van der Waals surface area contributed by atoms with Crippen LogP contribution in [0.4, 0.5) is 5.69 Å². The average molecular weight is 302 g/mol. The first-order valence-corrected chi connectivity index (χ1v) is 8.31. The van der Waals surface area contributed by atoms with Crippen LogP contribution < -0.4 is 4.90 Å². The molecular weight excluding hydrogens is 276 g/mol. The van der Waals surface area contributed by atoms with Crippen LogP contribution in [0, 0.1) is 0 Å². The molecule has 1 saturated heterocycles. The molecule has 0 saturated carbocycles. The van der Waals surface area contributed by atoms with Crippen LogP contribution in [0.3, 0.4) is 0 Å². The van der Waals surface area contributed by atoms with Gasteiger partial charge < -0.3 is 9.80 Å². The molecule has 0 radical (unpaired) electrons. The average Bonchev–Trinajstić information content (AvgIpc) is 2.59. The highest BCUT2D eigenvalue weighted by Gasteiger charge is 2.20. The van der Waals surface area contributed by atoms with Crippen molar-refractivity contribution in [2.75, 3.05) is 31.1 Å². The summed E-state index contributed by atoms with van der Waals surface area (Å²) < 4.78 is 0. The van der Waals surface area contributed by atoms with Crippen LogP contribution in [0.1, 0.15) is 49.9 Å². The third kappa shape index (κ3) is 4.09. The highest BCUT2D eigenvalue weighted by Crippen LogP contribution is 2.18. The van der Waals surface area contributed by atoms with Gasteiger partial charge in [-0.2, -0.15) is 0 Å². The van der Waals surface area contributed by atoms with Crippen LogP contribution in [-0.2, 0) is 4.79 Å². The molecule has 120 valence electrons. The lowest BCUT2D eigenvalue weighted by Crippen LogP contribution is -2.48. The van der Waals surface area contributed by atoms with E-state index in [2.05, 4.69) is 11.8 Å². The topological polar surface area (TPSA) is 40.6 Å². The molecule has 0 spiro atoms. The number of ketones is 1. The van der Waals surface area contributed by atoms with E-state index < -0.39 is 0 Å². The Morgan fingerprint density at radius 3 is 2.18 bits per heavy atom. The van der Waals surface area contributed by atoms with E-state index in [-0.39, 0.29) is 11.7 Å². The van der Waals surface area contributed by atoms with Gasteiger partial charge in [0.1, 0.15) is 0 Å². The van der Waals surface area contributed by atoms with Gasteiger partial charge in [0.2, 0.25) is 5.91 Å². The molecule has 0 aliphatic carbocycles. The molecule has 0 aromatic heterocycles. The SMILES string of the molecule is CCCCC(=O)N1CCN(c2ccc(C(=O)CC)cc2)CC1. The lowest BCUT2D eigenvalue weighted by atomic mass is 10.1.